The molecular formula is C20H32N4O2S. The van der Waals surface area contributed by atoms with Gasteiger partial charge in [-0.25, -0.2) is 12.7 Å². The van der Waals surface area contributed by atoms with Crippen LogP contribution in [0, 0.1) is 5.92 Å². The van der Waals surface area contributed by atoms with Crippen molar-refractivity contribution in [1.82, 2.24) is 14.5 Å². The van der Waals surface area contributed by atoms with Gasteiger partial charge in [0.15, 0.2) is 5.96 Å². The van der Waals surface area contributed by atoms with Gasteiger partial charge in [-0.2, -0.15) is 0 Å². The zero-order valence-corrected chi connectivity index (χ0v) is 17.3. The fourth-order valence-electron chi connectivity index (χ4n) is 4.34. The molecule has 0 radical (unpaired) electrons. The Bertz CT molecular complexity index is 736. The molecule has 2 heterocycles. The lowest BCUT2D eigenvalue weighted by molar-refractivity contribution is 0.215. The molecular weight excluding hydrogens is 360 g/mol. The average Bonchev–Trinajstić information content (AvgIpc) is 3.03. The van der Waals surface area contributed by atoms with Crippen molar-refractivity contribution in [2.75, 3.05) is 45.5 Å². The van der Waals surface area contributed by atoms with Gasteiger partial charge >= 0.3 is 0 Å². The summed E-state index contributed by atoms with van der Waals surface area (Å²) in [6.45, 7) is 5.97. The lowest BCUT2D eigenvalue weighted by atomic mass is 9.79. The predicted octanol–water partition coefficient (Wildman–Crippen LogP) is 2.11. The Hall–Kier alpha value is -1.60. The predicted molar refractivity (Wildman–Crippen MR) is 110 cm³/mol. The lowest BCUT2D eigenvalue weighted by Crippen LogP contribution is -2.49. The van der Waals surface area contributed by atoms with Crippen LogP contribution in [0.2, 0.25) is 0 Å². The average molecular weight is 393 g/mol. The smallest absolute Gasteiger partial charge is 0.214 e. The number of rotatable bonds is 5. The minimum atomic E-state index is -3.03. The van der Waals surface area contributed by atoms with E-state index in [1.165, 1.54) is 5.56 Å². The van der Waals surface area contributed by atoms with Crippen LogP contribution in [0.4, 0.5) is 0 Å². The Labute approximate surface area is 163 Å². The third-order valence-electron chi connectivity index (χ3n) is 5.84. The molecule has 0 aliphatic carbocycles. The molecule has 7 heteroatoms. The summed E-state index contributed by atoms with van der Waals surface area (Å²) >= 11 is 0. The maximum absolute atomic E-state index is 11.9. The summed E-state index contributed by atoms with van der Waals surface area (Å²) < 4.78 is 25.4. The van der Waals surface area contributed by atoms with Crippen molar-refractivity contribution in [3.05, 3.63) is 35.9 Å². The second-order valence-electron chi connectivity index (χ2n) is 7.46. The van der Waals surface area contributed by atoms with Gasteiger partial charge in [0.1, 0.15) is 0 Å². The van der Waals surface area contributed by atoms with Crippen LogP contribution in [0.25, 0.3) is 0 Å². The second kappa shape index (κ2) is 9.06. The van der Waals surface area contributed by atoms with Gasteiger partial charge in [-0.05, 0) is 30.2 Å². The van der Waals surface area contributed by atoms with E-state index in [0.29, 0.717) is 31.5 Å². The van der Waals surface area contributed by atoms with Gasteiger partial charge < -0.3 is 10.2 Å². The first-order chi connectivity index (χ1) is 13.0. The molecule has 0 bridgehead atoms. The quantitative estimate of drug-likeness (QED) is 0.616. The fraction of sp³-hybridized carbons (Fsp3) is 0.650. The molecule has 2 unspecified atom stereocenters. The van der Waals surface area contributed by atoms with Gasteiger partial charge in [0.25, 0.3) is 0 Å². The summed E-state index contributed by atoms with van der Waals surface area (Å²) in [5, 5.41) is 3.37. The van der Waals surface area contributed by atoms with Crippen molar-refractivity contribution in [2.45, 2.75) is 32.1 Å². The molecule has 150 valence electrons. The summed E-state index contributed by atoms with van der Waals surface area (Å²) in [5.41, 5.74) is 1.44. The number of benzene rings is 1. The van der Waals surface area contributed by atoms with Crippen molar-refractivity contribution in [3.63, 3.8) is 0 Å². The van der Waals surface area contributed by atoms with Gasteiger partial charge in [0.05, 0.1) is 5.75 Å². The van der Waals surface area contributed by atoms with Crippen LogP contribution >= 0.6 is 0 Å². The van der Waals surface area contributed by atoms with Crippen molar-refractivity contribution in [3.8, 4) is 0 Å². The number of hydrogen-bond donors (Lipinski definition) is 1. The van der Waals surface area contributed by atoms with Gasteiger partial charge in [-0.15, -0.1) is 0 Å². The number of hydrogen-bond acceptors (Lipinski definition) is 3. The standard InChI is InChI=1S/C20H32N4O2S/c1-3-17-16-23(13-10-19(17)18-8-5-4-6-9-18)20(21-2)22-11-14-24-12-7-15-27(24,25)26/h4-6,8-9,17,19H,3,7,10-16H2,1-2H3,(H,21,22). The molecule has 0 spiro atoms. The van der Waals surface area contributed by atoms with Crippen LogP contribution in [0.15, 0.2) is 35.3 Å². The molecule has 2 aliphatic heterocycles. The monoisotopic (exact) mass is 392 g/mol. The number of guanidine groups is 1. The Kier molecular flexibility index (Phi) is 6.76. The van der Waals surface area contributed by atoms with Gasteiger partial charge in [-0.1, -0.05) is 43.7 Å². The Morgan fingerprint density at radius 3 is 2.67 bits per heavy atom. The molecule has 1 aromatic rings. The molecule has 27 heavy (non-hydrogen) atoms. The van der Waals surface area contributed by atoms with Crippen molar-refractivity contribution in [1.29, 1.82) is 0 Å². The molecule has 6 nitrogen and oxygen atoms in total. The first kappa shape index (κ1) is 20.1. The van der Waals surface area contributed by atoms with Crippen LogP contribution < -0.4 is 5.32 Å². The minimum absolute atomic E-state index is 0.285. The van der Waals surface area contributed by atoms with Crippen LogP contribution in [0.1, 0.15) is 37.7 Å². The van der Waals surface area contributed by atoms with Crippen LogP contribution in [0.3, 0.4) is 0 Å². The third kappa shape index (κ3) is 4.82. The number of aliphatic imine (C=N–C) groups is 1. The third-order valence-corrected chi connectivity index (χ3v) is 7.80. The summed E-state index contributed by atoms with van der Waals surface area (Å²) in [5.74, 6) is 2.36. The van der Waals surface area contributed by atoms with Gasteiger partial charge in [-0.3, -0.25) is 4.99 Å². The van der Waals surface area contributed by atoms with Gasteiger partial charge in [0.2, 0.25) is 10.0 Å². The van der Waals surface area contributed by atoms with Crippen molar-refractivity contribution in [2.24, 2.45) is 10.9 Å². The molecule has 1 aromatic carbocycles. The van der Waals surface area contributed by atoms with E-state index in [1.807, 2.05) is 0 Å². The normalized spacial score (nSPS) is 26.3. The lowest BCUT2D eigenvalue weighted by Gasteiger charge is -2.40. The Morgan fingerprint density at radius 1 is 1.26 bits per heavy atom. The van der Waals surface area contributed by atoms with E-state index in [1.54, 1.807) is 11.4 Å². The molecule has 0 amide bonds. The van der Waals surface area contributed by atoms with Crippen molar-refractivity contribution < 1.29 is 8.42 Å². The topological polar surface area (TPSA) is 65.0 Å². The van der Waals surface area contributed by atoms with Crippen LogP contribution in [-0.4, -0.2) is 69.1 Å². The highest BCUT2D eigenvalue weighted by Crippen LogP contribution is 2.34. The van der Waals surface area contributed by atoms with E-state index in [4.69, 9.17) is 0 Å². The summed E-state index contributed by atoms with van der Waals surface area (Å²) in [4.78, 5) is 6.77. The highest BCUT2D eigenvalue weighted by Gasteiger charge is 2.31. The zero-order valence-electron chi connectivity index (χ0n) is 16.5. The maximum atomic E-state index is 11.9. The van der Waals surface area contributed by atoms with Crippen LogP contribution in [0.5, 0.6) is 0 Å². The molecule has 2 fully saturated rings. The summed E-state index contributed by atoms with van der Waals surface area (Å²) in [6, 6.07) is 10.8. The minimum Gasteiger partial charge on any atom is -0.355 e. The SMILES string of the molecule is CCC1CN(C(=NC)NCCN2CCCS2(=O)=O)CCC1c1ccccc1. The fourth-order valence-corrected chi connectivity index (χ4v) is 5.87. The maximum Gasteiger partial charge on any atom is 0.214 e. The number of piperidine rings is 1. The van der Waals surface area contributed by atoms with Crippen LogP contribution in [-0.2, 0) is 10.0 Å². The van der Waals surface area contributed by atoms with E-state index in [-0.39, 0.29) is 5.75 Å². The highest BCUT2D eigenvalue weighted by atomic mass is 32.2. The van der Waals surface area contributed by atoms with E-state index >= 15 is 0 Å². The molecule has 3 rings (SSSR count). The summed E-state index contributed by atoms with van der Waals surface area (Å²) in [7, 11) is -1.22. The number of nitrogens with zero attached hydrogens (tertiary/aromatic N) is 3. The largest absolute Gasteiger partial charge is 0.355 e. The van der Waals surface area contributed by atoms with Gasteiger partial charge in [0, 0.05) is 39.8 Å². The number of likely N-dealkylation sites (tertiary alicyclic amines) is 1. The first-order valence-corrected chi connectivity index (χ1v) is 11.6. The molecule has 1 N–H and O–H groups in total. The number of nitrogens with one attached hydrogen (secondary N) is 1. The zero-order chi connectivity index (χ0) is 19.3. The molecule has 2 aliphatic rings. The Balaban J connectivity index is 1.55. The first-order valence-electron chi connectivity index (χ1n) is 10.0. The van der Waals surface area contributed by atoms with E-state index in [9.17, 15) is 8.42 Å². The molecule has 0 saturated carbocycles. The van der Waals surface area contributed by atoms with Crippen molar-refractivity contribution >= 4 is 16.0 Å². The Morgan fingerprint density at radius 2 is 2.04 bits per heavy atom. The molecule has 0 aromatic heterocycles. The molecule has 2 saturated heterocycles. The van der Waals surface area contributed by atoms with E-state index in [2.05, 4.69) is 52.5 Å². The summed E-state index contributed by atoms with van der Waals surface area (Å²) in [6.07, 6.45) is 2.99. The van der Waals surface area contributed by atoms with E-state index in [0.717, 1.165) is 38.3 Å². The number of sulfonamides is 1. The van der Waals surface area contributed by atoms with E-state index < -0.39 is 10.0 Å². The second-order valence-corrected chi connectivity index (χ2v) is 9.55. The molecule has 2 atom stereocenters. The highest BCUT2D eigenvalue weighted by molar-refractivity contribution is 7.89.